The molecule has 17 heavy (non-hydrogen) atoms. The summed E-state index contributed by atoms with van der Waals surface area (Å²) >= 11 is 5.36. The van der Waals surface area contributed by atoms with Crippen LogP contribution < -0.4 is 9.57 Å². The van der Waals surface area contributed by atoms with E-state index in [-0.39, 0.29) is 11.8 Å². The van der Waals surface area contributed by atoms with Crippen molar-refractivity contribution in [3.05, 3.63) is 29.8 Å². The van der Waals surface area contributed by atoms with Crippen LogP contribution in [0.3, 0.4) is 0 Å². The van der Waals surface area contributed by atoms with Gasteiger partial charge in [0.15, 0.2) is 0 Å². The van der Waals surface area contributed by atoms with E-state index in [1.165, 1.54) is 18.2 Å². The molecule has 0 saturated carbocycles. The maximum absolute atomic E-state index is 12.6. The number of alkyl halides is 4. The predicted octanol–water partition coefficient (Wildman–Crippen LogP) is 3.73. The van der Waals surface area contributed by atoms with E-state index in [1.807, 2.05) is 0 Å². The average Bonchev–Trinajstić information content (AvgIpc) is 2.27. The van der Waals surface area contributed by atoms with Crippen LogP contribution in [0.2, 0.25) is 0 Å². The Morgan fingerprint density at radius 1 is 1.35 bits per heavy atom. The van der Waals surface area contributed by atoms with E-state index in [1.54, 1.807) is 13.0 Å². The van der Waals surface area contributed by atoms with E-state index in [0.29, 0.717) is 5.56 Å². The number of halogens is 5. The second-order valence-electron chi connectivity index (χ2n) is 3.37. The van der Waals surface area contributed by atoms with Crippen LogP contribution in [0.15, 0.2) is 24.3 Å². The molecule has 1 N–H and O–H groups in total. The zero-order valence-corrected chi connectivity index (χ0v) is 9.52. The largest absolute Gasteiger partial charge is 0.461 e. The van der Waals surface area contributed by atoms with Gasteiger partial charge < -0.3 is 4.74 Å². The second kappa shape index (κ2) is 5.55. The van der Waals surface area contributed by atoms with Gasteiger partial charge >= 0.3 is 12.5 Å². The van der Waals surface area contributed by atoms with Crippen LogP contribution in [-0.4, -0.2) is 12.5 Å². The Kier molecular flexibility index (Phi) is 4.59. The van der Waals surface area contributed by atoms with Crippen LogP contribution in [0, 0.1) is 0 Å². The summed E-state index contributed by atoms with van der Waals surface area (Å²) in [5, 5.41) is 0. The van der Waals surface area contributed by atoms with Crippen LogP contribution in [0.25, 0.3) is 0 Å². The van der Waals surface area contributed by atoms with E-state index in [0.717, 1.165) is 0 Å². The molecule has 0 fully saturated rings. The SMILES string of the molecule is C[C@@H](NCl)c1cccc(OC(F)(F)C(F)F)c1. The smallest absolute Gasteiger partial charge is 0.428 e. The van der Waals surface area contributed by atoms with Crippen molar-refractivity contribution in [1.82, 2.24) is 4.84 Å². The lowest BCUT2D eigenvalue weighted by Gasteiger charge is -2.18. The fourth-order valence-electron chi connectivity index (χ4n) is 1.11. The van der Waals surface area contributed by atoms with Gasteiger partial charge in [0.1, 0.15) is 5.75 Å². The highest BCUT2D eigenvalue weighted by atomic mass is 35.5. The lowest BCUT2D eigenvalue weighted by molar-refractivity contribution is -0.253. The first kappa shape index (κ1) is 14.1. The van der Waals surface area contributed by atoms with Gasteiger partial charge in [-0.15, -0.1) is 0 Å². The molecule has 0 heterocycles. The van der Waals surface area contributed by atoms with E-state index < -0.39 is 12.5 Å². The first-order valence-electron chi connectivity index (χ1n) is 4.68. The van der Waals surface area contributed by atoms with E-state index in [4.69, 9.17) is 11.8 Å². The maximum atomic E-state index is 12.6. The van der Waals surface area contributed by atoms with Gasteiger partial charge in [-0.1, -0.05) is 12.1 Å². The summed E-state index contributed by atoms with van der Waals surface area (Å²) in [6.07, 6.45) is -8.38. The summed E-state index contributed by atoms with van der Waals surface area (Å²) < 4.78 is 53.0. The van der Waals surface area contributed by atoms with Gasteiger partial charge in [-0.25, -0.2) is 4.84 Å². The molecule has 1 aromatic rings. The zero-order valence-electron chi connectivity index (χ0n) is 8.76. The Morgan fingerprint density at radius 3 is 2.53 bits per heavy atom. The number of nitrogens with one attached hydrogen (secondary N) is 1. The number of benzene rings is 1. The van der Waals surface area contributed by atoms with Gasteiger partial charge in [0.25, 0.3) is 0 Å². The highest BCUT2D eigenvalue weighted by Crippen LogP contribution is 2.28. The van der Waals surface area contributed by atoms with Gasteiger partial charge in [-0.3, -0.25) is 0 Å². The van der Waals surface area contributed by atoms with Crippen LogP contribution >= 0.6 is 11.8 Å². The minimum atomic E-state index is -4.50. The molecule has 0 unspecified atom stereocenters. The predicted molar refractivity (Wildman–Crippen MR) is 55.4 cm³/mol. The molecular formula is C10H10ClF4NO. The molecule has 2 nitrogen and oxygen atoms in total. The van der Waals surface area contributed by atoms with Crippen molar-refractivity contribution in [1.29, 1.82) is 0 Å². The third kappa shape index (κ3) is 3.74. The summed E-state index contributed by atoms with van der Waals surface area (Å²) in [4.78, 5) is 2.38. The molecule has 1 rings (SSSR count). The molecule has 96 valence electrons. The van der Waals surface area contributed by atoms with Crippen molar-refractivity contribution in [3.63, 3.8) is 0 Å². The standard InChI is InChI=1S/C10H10ClF4NO/c1-6(16-11)7-3-2-4-8(5-7)17-10(14,15)9(12)13/h2-6,9,16H,1H3/t6-/m1/s1. The molecule has 0 aromatic heterocycles. The highest BCUT2D eigenvalue weighted by Gasteiger charge is 2.43. The lowest BCUT2D eigenvalue weighted by atomic mass is 10.1. The summed E-state index contributed by atoms with van der Waals surface area (Å²) in [6, 6.07) is 5.09. The Labute approximate surface area is 101 Å². The average molecular weight is 272 g/mol. The van der Waals surface area contributed by atoms with Gasteiger partial charge in [0.2, 0.25) is 0 Å². The second-order valence-corrected chi connectivity index (χ2v) is 3.59. The molecule has 0 aliphatic carbocycles. The van der Waals surface area contributed by atoms with E-state index >= 15 is 0 Å². The maximum Gasteiger partial charge on any atom is 0.461 e. The molecule has 1 atom stereocenters. The number of ether oxygens (including phenoxy) is 1. The van der Waals surface area contributed by atoms with Gasteiger partial charge in [0.05, 0.1) is 0 Å². The zero-order chi connectivity index (χ0) is 13.1. The molecule has 0 bridgehead atoms. The summed E-state index contributed by atoms with van der Waals surface area (Å²) in [7, 11) is 0. The summed E-state index contributed by atoms with van der Waals surface area (Å²) in [5.74, 6) is -0.341. The fourth-order valence-corrected chi connectivity index (χ4v) is 1.24. The minimum Gasteiger partial charge on any atom is -0.428 e. The van der Waals surface area contributed by atoms with Crippen LogP contribution in [0.4, 0.5) is 17.6 Å². The van der Waals surface area contributed by atoms with Gasteiger partial charge in [0, 0.05) is 6.04 Å². The highest BCUT2D eigenvalue weighted by molar-refractivity contribution is 6.13. The van der Waals surface area contributed by atoms with E-state index in [2.05, 4.69) is 9.57 Å². The van der Waals surface area contributed by atoms with Crippen molar-refractivity contribution in [3.8, 4) is 5.75 Å². The molecular weight excluding hydrogens is 262 g/mol. The molecule has 0 amide bonds. The summed E-state index contributed by atoms with van der Waals surface area (Å²) in [5.41, 5.74) is 0.544. The molecule has 0 saturated heterocycles. The van der Waals surface area contributed by atoms with Crippen molar-refractivity contribution < 1.29 is 22.3 Å². The Bertz CT molecular complexity index is 375. The number of hydrogen-bond acceptors (Lipinski definition) is 2. The fraction of sp³-hybridized carbons (Fsp3) is 0.400. The van der Waals surface area contributed by atoms with E-state index in [9.17, 15) is 17.6 Å². The third-order valence-corrected chi connectivity index (χ3v) is 2.36. The third-order valence-electron chi connectivity index (χ3n) is 2.03. The molecule has 0 radical (unpaired) electrons. The quantitative estimate of drug-likeness (QED) is 0.651. The topological polar surface area (TPSA) is 21.3 Å². The van der Waals surface area contributed by atoms with Crippen LogP contribution in [0.5, 0.6) is 5.75 Å². The monoisotopic (exact) mass is 271 g/mol. The van der Waals surface area contributed by atoms with Crippen molar-refractivity contribution >= 4 is 11.8 Å². The van der Waals surface area contributed by atoms with Crippen LogP contribution in [0.1, 0.15) is 18.5 Å². The molecule has 0 aliphatic rings. The van der Waals surface area contributed by atoms with Crippen molar-refractivity contribution in [2.45, 2.75) is 25.5 Å². The van der Waals surface area contributed by atoms with Crippen molar-refractivity contribution in [2.75, 3.05) is 0 Å². The lowest BCUT2D eigenvalue weighted by Crippen LogP contribution is -2.33. The minimum absolute atomic E-state index is 0.319. The summed E-state index contributed by atoms with van der Waals surface area (Å²) in [6.45, 7) is 1.68. The molecule has 7 heteroatoms. The molecule has 1 aromatic carbocycles. The number of hydrogen-bond donors (Lipinski definition) is 1. The van der Waals surface area contributed by atoms with Gasteiger partial charge in [-0.05, 0) is 36.4 Å². The first-order chi connectivity index (χ1) is 7.86. The number of rotatable bonds is 5. The molecule has 0 aliphatic heterocycles. The Balaban J connectivity index is 2.86. The van der Waals surface area contributed by atoms with Gasteiger partial charge in [-0.2, -0.15) is 17.6 Å². The van der Waals surface area contributed by atoms with Crippen LogP contribution in [-0.2, 0) is 0 Å². The Hall–Kier alpha value is -1.01. The first-order valence-corrected chi connectivity index (χ1v) is 5.05. The van der Waals surface area contributed by atoms with Crippen molar-refractivity contribution in [2.24, 2.45) is 0 Å². The molecule has 0 spiro atoms. The normalized spacial score (nSPS) is 13.8. The Morgan fingerprint density at radius 2 is 2.00 bits per heavy atom.